The predicted octanol–water partition coefficient (Wildman–Crippen LogP) is 3.68. The van der Waals surface area contributed by atoms with Crippen molar-refractivity contribution >= 4 is 35.7 Å². The predicted molar refractivity (Wildman–Crippen MR) is 73.2 cm³/mol. The number of hydrogen-bond acceptors (Lipinski definition) is 1. The summed E-state index contributed by atoms with van der Waals surface area (Å²) in [5, 5.41) is 3.86. The van der Waals surface area contributed by atoms with Crippen molar-refractivity contribution in [2.24, 2.45) is 0 Å². The van der Waals surface area contributed by atoms with Gasteiger partial charge in [0.25, 0.3) is 0 Å². The lowest BCUT2D eigenvalue weighted by Gasteiger charge is -2.12. The van der Waals surface area contributed by atoms with Gasteiger partial charge in [0.05, 0.1) is 11.1 Å². The van der Waals surface area contributed by atoms with Gasteiger partial charge in [0.1, 0.15) is 0 Å². The van der Waals surface area contributed by atoms with Gasteiger partial charge in [-0.1, -0.05) is 12.1 Å². The van der Waals surface area contributed by atoms with E-state index in [9.17, 15) is 13.2 Å². The van der Waals surface area contributed by atoms with E-state index in [0.29, 0.717) is 11.9 Å². The number of H-pyrrole nitrogens is 1. The molecule has 1 aliphatic heterocycles. The Morgan fingerprint density at radius 3 is 2.53 bits per heavy atom. The molecule has 0 aliphatic carbocycles. The summed E-state index contributed by atoms with van der Waals surface area (Å²) in [7, 11) is 0. The van der Waals surface area contributed by atoms with Crippen LogP contribution in [0, 0.1) is 0 Å². The molecule has 1 aromatic carbocycles. The molecule has 1 aliphatic rings. The maximum absolute atomic E-state index is 12.8. The van der Waals surface area contributed by atoms with Crippen molar-refractivity contribution in [3.05, 3.63) is 35.0 Å². The second-order valence-electron chi connectivity index (χ2n) is 4.23. The molecule has 0 atom stereocenters. The fourth-order valence-electron chi connectivity index (χ4n) is 2.41. The number of aromatic nitrogens is 1. The molecule has 2 heterocycles. The molecular weight excluding hydrogens is 300 g/mol. The molecule has 0 unspecified atom stereocenters. The van der Waals surface area contributed by atoms with Gasteiger partial charge in [-0.2, -0.15) is 13.2 Å². The van der Waals surface area contributed by atoms with Crippen molar-refractivity contribution in [2.45, 2.75) is 19.1 Å². The molecule has 2 nitrogen and oxygen atoms in total. The highest BCUT2D eigenvalue weighted by Gasteiger charge is 2.34. The van der Waals surface area contributed by atoms with Crippen LogP contribution < -0.4 is 5.32 Å². The summed E-state index contributed by atoms with van der Waals surface area (Å²) in [6.45, 7) is 1.44. The van der Waals surface area contributed by atoms with Crippen LogP contribution in [0.2, 0.25) is 0 Å². The minimum Gasteiger partial charge on any atom is -0.358 e. The Labute approximate surface area is 120 Å². The quantitative estimate of drug-likeness (QED) is 0.763. The first-order valence-corrected chi connectivity index (χ1v) is 5.48. The first-order chi connectivity index (χ1) is 8.07. The molecule has 0 saturated heterocycles. The van der Waals surface area contributed by atoms with Crippen molar-refractivity contribution in [3.63, 3.8) is 0 Å². The first-order valence-electron chi connectivity index (χ1n) is 5.48. The van der Waals surface area contributed by atoms with Crippen molar-refractivity contribution in [2.75, 3.05) is 6.54 Å². The van der Waals surface area contributed by atoms with Crippen LogP contribution in [0.25, 0.3) is 10.9 Å². The average molecular weight is 313 g/mol. The normalized spacial score (nSPS) is 14.5. The van der Waals surface area contributed by atoms with Gasteiger partial charge in [-0.05, 0) is 11.6 Å². The monoisotopic (exact) mass is 312 g/mol. The third-order valence-electron chi connectivity index (χ3n) is 3.19. The molecule has 2 aromatic rings. The summed E-state index contributed by atoms with van der Waals surface area (Å²) in [5.41, 5.74) is 1.53. The number of aromatic amines is 1. The van der Waals surface area contributed by atoms with E-state index in [1.807, 2.05) is 0 Å². The standard InChI is InChI=1S/C12H11F3N2.2ClH/c13-12(14,15)9-3-1-2-7-8-6-16-5-4-10(8)17-11(7)9;;/h1-3,16-17H,4-6H2;2*1H. The lowest BCUT2D eigenvalue weighted by atomic mass is 10.0. The van der Waals surface area contributed by atoms with E-state index in [1.54, 1.807) is 6.07 Å². The second-order valence-corrected chi connectivity index (χ2v) is 4.23. The van der Waals surface area contributed by atoms with Crippen LogP contribution in [-0.4, -0.2) is 11.5 Å². The number of fused-ring (bicyclic) bond motifs is 3. The number of nitrogens with one attached hydrogen (secondary N) is 2. The summed E-state index contributed by atoms with van der Waals surface area (Å²) in [4.78, 5) is 2.93. The van der Waals surface area contributed by atoms with E-state index in [2.05, 4.69) is 10.3 Å². The van der Waals surface area contributed by atoms with Crippen molar-refractivity contribution in [1.29, 1.82) is 0 Å². The smallest absolute Gasteiger partial charge is 0.358 e. The Kier molecular flexibility index (Phi) is 4.76. The number of para-hydroxylation sites is 1. The molecular formula is C12H13Cl2F3N2. The number of benzene rings is 1. The Morgan fingerprint density at radius 1 is 1.11 bits per heavy atom. The molecule has 19 heavy (non-hydrogen) atoms. The molecule has 7 heteroatoms. The molecule has 0 radical (unpaired) electrons. The van der Waals surface area contributed by atoms with Gasteiger partial charge in [-0.15, -0.1) is 24.8 Å². The van der Waals surface area contributed by atoms with Crippen LogP contribution in [0.15, 0.2) is 18.2 Å². The van der Waals surface area contributed by atoms with E-state index in [-0.39, 0.29) is 30.3 Å². The number of rotatable bonds is 0. The highest BCUT2D eigenvalue weighted by atomic mass is 35.5. The Balaban J connectivity index is 0.000000902. The molecule has 2 N–H and O–H groups in total. The van der Waals surface area contributed by atoms with Crippen LogP contribution in [0.4, 0.5) is 13.2 Å². The summed E-state index contributed by atoms with van der Waals surface area (Å²) in [6, 6.07) is 4.33. The van der Waals surface area contributed by atoms with Crippen LogP contribution >= 0.6 is 24.8 Å². The molecule has 0 fully saturated rings. The highest BCUT2D eigenvalue weighted by Crippen LogP contribution is 2.36. The van der Waals surface area contributed by atoms with Gasteiger partial charge < -0.3 is 10.3 Å². The largest absolute Gasteiger partial charge is 0.418 e. The number of halogens is 5. The average Bonchev–Trinajstić information content (AvgIpc) is 2.65. The van der Waals surface area contributed by atoms with Gasteiger partial charge in [0.15, 0.2) is 0 Å². The summed E-state index contributed by atoms with van der Waals surface area (Å²) >= 11 is 0. The van der Waals surface area contributed by atoms with E-state index < -0.39 is 11.7 Å². The fraction of sp³-hybridized carbons (Fsp3) is 0.333. The van der Waals surface area contributed by atoms with Crippen molar-refractivity contribution in [1.82, 2.24) is 10.3 Å². The fourth-order valence-corrected chi connectivity index (χ4v) is 2.41. The Hall–Kier alpha value is -0.910. The van der Waals surface area contributed by atoms with E-state index in [4.69, 9.17) is 0 Å². The summed E-state index contributed by atoms with van der Waals surface area (Å²) < 4.78 is 38.5. The maximum atomic E-state index is 12.8. The van der Waals surface area contributed by atoms with E-state index >= 15 is 0 Å². The zero-order valence-electron chi connectivity index (χ0n) is 9.80. The summed E-state index contributed by atoms with van der Waals surface area (Å²) in [5.74, 6) is 0. The van der Waals surface area contributed by atoms with Crippen LogP contribution in [0.3, 0.4) is 0 Å². The zero-order valence-corrected chi connectivity index (χ0v) is 11.4. The van der Waals surface area contributed by atoms with Crippen molar-refractivity contribution in [3.8, 4) is 0 Å². The SMILES string of the molecule is Cl.Cl.FC(F)(F)c1cccc2c3c([nH]c12)CCNC3. The molecule has 0 amide bonds. The van der Waals surface area contributed by atoms with E-state index in [1.165, 1.54) is 6.07 Å². The second kappa shape index (κ2) is 5.61. The van der Waals surface area contributed by atoms with Gasteiger partial charge in [-0.25, -0.2) is 0 Å². The minimum atomic E-state index is -4.31. The Bertz CT molecular complexity index is 578. The third-order valence-corrected chi connectivity index (χ3v) is 3.19. The van der Waals surface area contributed by atoms with Gasteiger partial charge in [-0.3, -0.25) is 0 Å². The molecule has 0 bridgehead atoms. The van der Waals surface area contributed by atoms with Crippen molar-refractivity contribution < 1.29 is 13.2 Å². The van der Waals surface area contributed by atoms with Gasteiger partial charge in [0.2, 0.25) is 0 Å². The molecule has 0 saturated carbocycles. The first kappa shape index (κ1) is 16.1. The lowest BCUT2D eigenvalue weighted by Crippen LogP contribution is -2.22. The lowest BCUT2D eigenvalue weighted by molar-refractivity contribution is -0.136. The van der Waals surface area contributed by atoms with E-state index in [0.717, 1.165) is 30.3 Å². The topological polar surface area (TPSA) is 27.8 Å². The Morgan fingerprint density at radius 2 is 1.84 bits per heavy atom. The number of hydrogen-bond donors (Lipinski definition) is 2. The number of alkyl halides is 3. The molecule has 3 rings (SSSR count). The third kappa shape index (κ3) is 2.68. The minimum absolute atomic E-state index is 0. The van der Waals surface area contributed by atoms with Crippen LogP contribution in [0.5, 0.6) is 0 Å². The molecule has 106 valence electrons. The highest BCUT2D eigenvalue weighted by molar-refractivity contribution is 5.88. The maximum Gasteiger partial charge on any atom is 0.418 e. The summed E-state index contributed by atoms with van der Waals surface area (Å²) in [6.07, 6.45) is -3.55. The van der Waals surface area contributed by atoms with Gasteiger partial charge >= 0.3 is 6.18 Å². The molecule has 1 aromatic heterocycles. The van der Waals surface area contributed by atoms with Crippen LogP contribution in [-0.2, 0) is 19.1 Å². The van der Waals surface area contributed by atoms with Crippen LogP contribution in [0.1, 0.15) is 16.8 Å². The molecule has 0 spiro atoms. The van der Waals surface area contributed by atoms with Gasteiger partial charge in [0, 0.05) is 30.6 Å². The zero-order chi connectivity index (χ0) is 12.0.